The first-order chi connectivity index (χ1) is 14.9. The number of nitrogens with one attached hydrogen (secondary N) is 3. The molecular weight excluding hydrogens is 394 g/mol. The maximum absolute atomic E-state index is 12.3. The number of hydrogen-bond acceptors (Lipinski definition) is 7. The minimum Gasteiger partial charge on any atom is -0.362 e. The second kappa shape index (κ2) is 8.79. The number of aryl methyl sites for hydroxylation is 2. The summed E-state index contributed by atoms with van der Waals surface area (Å²) in [6.45, 7) is 3.59. The van der Waals surface area contributed by atoms with Gasteiger partial charge in [0.1, 0.15) is 17.2 Å². The zero-order valence-electron chi connectivity index (χ0n) is 18.4. The van der Waals surface area contributed by atoms with Gasteiger partial charge in [-0.05, 0) is 51.7 Å². The molecule has 2 heterocycles. The molecule has 4 rings (SSSR count). The van der Waals surface area contributed by atoms with Crippen LogP contribution in [0.1, 0.15) is 37.1 Å². The topological polar surface area (TPSA) is 108 Å². The molecule has 0 aliphatic heterocycles. The van der Waals surface area contributed by atoms with Crippen LogP contribution in [0.15, 0.2) is 28.8 Å². The van der Waals surface area contributed by atoms with Gasteiger partial charge < -0.3 is 25.4 Å². The highest BCUT2D eigenvalue weighted by Crippen LogP contribution is 2.26. The molecule has 1 aliphatic rings. The summed E-state index contributed by atoms with van der Waals surface area (Å²) in [7, 11) is 3.98. The molecule has 2 aromatic heterocycles. The molecule has 164 valence electrons. The molecule has 1 aliphatic carbocycles. The maximum Gasteiger partial charge on any atom is 0.319 e. The predicted molar refractivity (Wildman–Crippen MR) is 122 cm³/mol. The van der Waals surface area contributed by atoms with Gasteiger partial charge in [-0.15, -0.1) is 0 Å². The highest BCUT2D eigenvalue weighted by Gasteiger charge is 2.24. The summed E-state index contributed by atoms with van der Waals surface area (Å²) in [5, 5.41) is 14.3. The molecule has 1 fully saturated rings. The van der Waals surface area contributed by atoms with Crippen LogP contribution in [0.2, 0.25) is 0 Å². The number of urea groups is 1. The third-order valence-electron chi connectivity index (χ3n) is 5.67. The van der Waals surface area contributed by atoms with Gasteiger partial charge in [-0.2, -0.15) is 4.98 Å². The van der Waals surface area contributed by atoms with Gasteiger partial charge in [0, 0.05) is 31.6 Å². The van der Waals surface area contributed by atoms with Crippen LogP contribution >= 0.6 is 0 Å². The molecule has 31 heavy (non-hydrogen) atoms. The summed E-state index contributed by atoms with van der Waals surface area (Å²) in [5.41, 5.74) is 2.24. The fourth-order valence-electron chi connectivity index (χ4n) is 4.03. The number of carbonyl (C=O) groups excluding carboxylic acids is 1. The lowest BCUT2D eigenvalue weighted by Gasteiger charge is -2.30. The van der Waals surface area contributed by atoms with Crippen molar-refractivity contribution in [3.8, 4) is 0 Å². The van der Waals surface area contributed by atoms with Crippen molar-refractivity contribution < 1.29 is 9.32 Å². The summed E-state index contributed by atoms with van der Waals surface area (Å²) < 4.78 is 5.09. The summed E-state index contributed by atoms with van der Waals surface area (Å²) in [6.07, 6.45) is 3.65. The van der Waals surface area contributed by atoms with Gasteiger partial charge in [0.25, 0.3) is 0 Å². The van der Waals surface area contributed by atoms with E-state index in [9.17, 15) is 4.79 Å². The van der Waals surface area contributed by atoms with E-state index in [4.69, 9.17) is 14.5 Å². The van der Waals surface area contributed by atoms with E-state index < -0.39 is 0 Å². The summed E-state index contributed by atoms with van der Waals surface area (Å²) in [6, 6.07) is 8.23. The Morgan fingerprint density at radius 1 is 1.06 bits per heavy atom. The number of rotatable bonds is 5. The lowest BCUT2D eigenvalue weighted by Crippen LogP contribution is -2.42. The monoisotopic (exact) mass is 423 g/mol. The fourth-order valence-corrected chi connectivity index (χ4v) is 4.03. The Kier molecular flexibility index (Phi) is 5.92. The maximum atomic E-state index is 12.3. The number of amides is 2. The lowest BCUT2D eigenvalue weighted by atomic mass is 9.91. The molecule has 3 aromatic rings. The first-order valence-electron chi connectivity index (χ1n) is 10.6. The number of hydrogen-bond donors (Lipinski definition) is 3. The van der Waals surface area contributed by atoms with Crippen molar-refractivity contribution in [3.63, 3.8) is 0 Å². The number of carbonyl (C=O) groups is 1. The van der Waals surface area contributed by atoms with Crippen LogP contribution in [0.25, 0.3) is 10.9 Å². The second-order valence-corrected chi connectivity index (χ2v) is 8.27. The van der Waals surface area contributed by atoms with Crippen LogP contribution in [0.3, 0.4) is 0 Å². The third kappa shape index (κ3) is 4.70. The van der Waals surface area contributed by atoms with Crippen LogP contribution in [0, 0.1) is 13.8 Å². The van der Waals surface area contributed by atoms with E-state index >= 15 is 0 Å². The average Bonchev–Trinajstić information content (AvgIpc) is 3.06. The smallest absolute Gasteiger partial charge is 0.319 e. The number of benzene rings is 1. The van der Waals surface area contributed by atoms with Crippen LogP contribution in [-0.4, -0.2) is 47.3 Å². The van der Waals surface area contributed by atoms with Gasteiger partial charge in [-0.3, -0.25) is 0 Å². The first kappa shape index (κ1) is 20.9. The minimum absolute atomic E-state index is 0.133. The summed E-state index contributed by atoms with van der Waals surface area (Å²) in [5.74, 6) is 2.16. The van der Waals surface area contributed by atoms with E-state index in [2.05, 4.69) is 21.1 Å². The quantitative estimate of drug-likeness (QED) is 0.572. The van der Waals surface area contributed by atoms with Crippen molar-refractivity contribution in [1.82, 2.24) is 20.4 Å². The van der Waals surface area contributed by atoms with Crippen LogP contribution < -0.4 is 20.9 Å². The van der Waals surface area contributed by atoms with Gasteiger partial charge >= 0.3 is 6.03 Å². The van der Waals surface area contributed by atoms with Gasteiger partial charge in [0.2, 0.25) is 5.95 Å². The number of anilines is 3. The molecule has 0 radical (unpaired) electrons. The standard InChI is InChI=1S/C22H29N7O2/c1-13-19(14(2)31-28-13)26-22(30)24-16-11-9-15(10-12-16)23-21-25-18-8-6-5-7-17(18)20(27-21)29(3)4/h5-8,15-16H,9-12H2,1-4H3,(H,23,25,27)(H2,24,26,30). The first-order valence-corrected chi connectivity index (χ1v) is 10.6. The van der Waals surface area contributed by atoms with Crippen molar-refractivity contribution in [2.45, 2.75) is 51.6 Å². The Morgan fingerprint density at radius 3 is 2.45 bits per heavy atom. The molecule has 0 unspecified atom stereocenters. The van der Waals surface area contributed by atoms with Gasteiger partial charge in [0.15, 0.2) is 5.76 Å². The Bertz CT molecular complexity index is 1050. The number of aromatic nitrogens is 3. The highest BCUT2D eigenvalue weighted by molar-refractivity contribution is 5.91. The van der Waals surface area contributed by atoms with E-state index in [0.29, 0.717) is 23.1 Å². The Labute approximate surface area is 181 Å². The SMILES string of the molecule is Cc1noc(C)c1NC(=O)NC1CCC(Nc2nc(N(C)C)c3ccccc3n2)CC1. The molecule has 0 bridgehead atoms. The molecule has 0 spiro atoms. The van der Waals surface area contributed by atoms with Crippen molar-refractivity contribution in [2.75, 3.05) is 29.6 Å². The normalized spacial score (nSPS) is 18.6. The van der Waals surface area contributed by atoms with E-state index in [1.165, 1.54) is 0 Å². The van der Waals surface area contributed by atoms with E-state index in [0.717, 1.165) is 42.4 Å². The predicted octanol–water partition coefficient (Wildman–Crippen LogP) is 3.85. The second-order valence-electron chi connectivity index (χ2n) is 8.27. The summed E-state index contributed by atoms with van der Waals surface area (Å²) >= 11 is 0. The zero-order valence-corrected chi connectivity index (χ0v) is 18.4. The van der Waals surface area contributed by atoms with Crippen LogP contribution in [-0.2, 0) is 0 Å². The minimum atomic E-state index is -0.223. The molecule has 3 N–H and O–H groups in total. The molecule has 9 heteroatoms. The fraction of sp³-hybridized carbons (Fsp3) is 0.455. The summed E-state index contributed by atoms with van der Waals surface area (Å²) in [4.78, 5) is 23.8. The van der Waals surface area contributed by atoms with Gasteiger partial charge in [-0.25, -0.2) is 9.78 Å². The number of nitrogens with zero attached hydrogens (tertiary/aromatic N) is 4. The van der Waals surface area contributed by atoms with Crippen molar-refractivity contribution in [3.05, 3.63) is 35.7 Å². The van der Waals surface area contributed by atoms with Crippen LogP contribution in [0.4, 0.5) is 22.2 Å². The van der Waals surface area contributed by atoms with Crippen molar-refractivity contribution in [2.24, 2.45) is 0 Å². The van der Waals surface area contributed by atoms with Crippen LogP contribution in [0.5, 0.6) is 0 Å². The molecule has 1 aromatic carbocycles. The number of fused-ring (bicyclic) bond motifs is 1. The van der Waals surface area contributed by atoms with E-state index in [-0.39, 0.29) is 18.1 Å². The highest BCUT2D eigenvalue weighted by atomic mass is 16.5. The van der Waals surface area contributed by atoms with Crippen molar-refractivity contribution in [1.29, 1.82) is 0 Å². The zero-order chi connectivity index (χ0) is 22.0. The molecule has 0 atom stereocenters. The third-order valence-corrected chi connectivity index (χ3v) is 5.67. The number of para-hydroxylation sites is 1. The molecular formula is C22H29N7O2. The molecule has 2 amide bonds. The molecule has 1 saturated carbocycles. The van der Waals surface area contributed by atoms with E-state index in [1.807, 2.05) is 43.3 Å². The Hall–Kier alpha value is -3.36. The molecule has 0 saturated heterocycles. The van der Waals surface area contributed by atoms with E-state index in [1.54, 1.807) is 13.8 Å². The Morgan fingerprint density at radius 2 is 1.77 bits per heavy atom. The lowest BCUT2D eigenvalue weighted by molar-refractivity contribution is 0.243. The average molecular weight is 424 g/mol. The molecule has 9 nitrogen and oxygen atoms in total. The Balaban J connectivity index is 1.34. The van der Waals surface area contributed by atoms with Gasteiger partial charge in [0.05, 0.1) is 5.52 Å². The van der Waals surface area contributed by atoms with Gasteiger partial charge in [-0.1, -0.05) is 17.3 Å². The van der Waals surface area contributed by atoms with Crippen molar-refractivity contribution >= 4 is 34.4 Å². The largest absolute Gasteiger partial charge is 0.362 e.